The van der Waals surface area contributed by atoms with Crippen molar-refractivity contribution in [1.29, 1.82) is 0 Å². The third-order valence-electron chi connectivity index (χ3n) is 2.14. The summed E-state index contributed by atoms with van der Waals surface area (Å²) in [6, 6.07) is 0.252. The fourth-order valence-electron chi connectivity index (χ4n) is 1.39. The first-order valence-electron chi connectivity index (χ1n) is 4.94. The molecule has 3 heteroatoms. The first-order valence-corrected chi connectivity index (χ1v) is 4.94. The second-order valence-corrected chi connectivity index (χ2v) is 3.60. The Morgan fingerprint density at radius 2 is 1.92 bits per heavy atom. The summed E-state index contributed by atoms with van der Waals surface area (Å²) < 4.78 is 10.8. The van der Waals surface area contributed by atoms with E-state index in [-0.39, 0.29) is 11.6 Å². The van der Waals surface area contributed by atoms with Crippen LogP contribution in [0.2, 0.25) is 0 Å². The molecule has 0 bridgehead atoms. The third kappa shape index (κ3) is 4.60. The van der Waals surface area contributed by atoms with Crippen LogP contribution in [0.1, 0.15) is 27.7 Å². The van der Waals surface area contributed by atoms with Gasteiger partial charge in [0.1, 0.15) is 0 Å². The molecule has 0 aromatic carbocycles. The Bertz CT molecular complexity index is 120. The second-order valence-electron chi connectivity index (χ2n) is 3.60. The van der Waals surface area contributed by atoms with Gasteiger partial charge in [0.25, 0.3) is 0 Å². The van der Waals surface area contributed by atoms with Crippen LogP contribution in [-0.4, -0.2) is 38.5 Å². The maximum atomic E-state index is 5.65. The molecule has 3 nitrogen and oxygen atoms in total. The van der Waals surface area contributed by atoms with Crippen LogP contribution in [0, 0.1) is 0 Å². The van der Waals surface area contributed by atoms with Gasteiger partial charge in [0.2, 0.25) is 0 Å². The molecule has 1 unspecified atom stereocenters. The average molecular weight is 189 g/mol. The van der Waals surface area contributed by atoms with Gasteiger partial charge in [-0.1, -0.05) is 6.92 Å². The molecule has 13 heavy (non-hydrogen) atoms. The summed E-state index contributed by atoms with van der Waals surface area (Å²) in [7, 11) is 1.71. The summed E-state index contributed by atoms with van der Waals surface area (Å²) in [5.41, 5.74) is -0.166. The average Bonchev–Trinajstić information content (AvgIpc) is 2.04. The highest BCUT2D eigenvalue weighted by Gasteiger charge is 2.28. The molecule has 0 spiro atoms. The summed E-state index contributed by atoms with van der Waals surface area (Å²) in [4.78, 5) is 0. The molecule has 1 N–H and O–H groups in total. The minimum Gasteiger partial charge on any atom is -0.383 e. The Morgan fingerprint density at radius 1 is 1.31 bits per heavy atom. The van der Waals surface area contributed by atoms with Gasteiger partial charge in [-0.15, -0.1) is 0 Å². The smallest absolute Gasteiger partial charge is 0.0801 e. The van der Waals surface area contributed by atoms with Crippen LogP contribution in [0.25, 0.3) is 0 Å². The zero-order valence-electron chi connectivity index (χ0n) is 9.52. The monoisotopic (exact) mass is 189 g/mol. The van der Waals surface area contributed by atoms with Gasteiger partial charge in [0, 0.05) is 13.7 Å². The maximum absolute atomic E-state index is 5.65. The summed E-state index contributed by atoms with van der Waals surface area (Å²) >= 11 is 0. The number of nitrogens with one attached hydrogen (secondary N) is 1. The summed E-state index contributed by atoms with van der Waals surface area (Å²) in [6.07, 6.45) is 0. The zero-order chi connectivity index (χ0) is 10.3. The van der Waals surface area contributed by atoms with Gasteiger partial charge < -0.3 is 14.8 Å². The molecule has 0 saturated carbocycles. The number of hydrogen-bond acceptors (Lipinski definition) is 3. The fourth-order valence-corrected chi connectivity index (χ4v) is 1.39. The predicted octanol–water partition coefficient (Wildman–Crippen LogP) is 1.43. The number of likely N-dealkylation sites (N-methyl/N-ethyl adjacent to an activating group) is 1. The Labute approximate surface area is 81.8 Å². The Kier molecular flexibility index (Phi) is 6.29. The molecule has 0 fully saturated rings. The maximum Gasteiger partial charge on any atom is 0.0801 e. The van der Waals surface area contributed by atoms with E-state index in [0.717, 1.165) is 13.2 Å². The van der Waals surface area contributed by atoms with E-state index >= 15 is 0 Å². The normalized spacial score (nSPS) is 14.5. The molecule has 0 saturated heterocycles. The summed E-state index contributed by atoms with van der Waals surface area (Å²) in [6.45, 7) is 10.6. The molecule has 0 radical (unpaired) electrons. The highest BCUT2D eigenvalue weighted by atomic mass is 16.5. The zero-order valence-corrected chi connectivity index (χ0v) is 9.52. The molecule has 80 valence electrons. The lowest BCUT2D eigenvalue weighted by Gasteiger charge is -2.34. The molecule has 1 atom stereocenters. The predicted molar refractivity (Wildman–Crippen MR) is 55.0 cm³/mol. The van der Waals surface area contributed by atoms with Crippen LogP contribution in [0.3, 0.4) is 0 Å². The number of hydrogen-bond donors (Lipinski definition) is 1. The van der Waals surface area contributed by atoms with Gasteiger partial charge in [-0.2, -0.15) is 0 Å². The molecule has 0 heterocycles. The lowest BCUT2D eigenvalue weighted by molar-refractivity contribution is -0.0548. The van der Waals surface area contributed by atoms with E-state index in [1.807, 2.05) is 6.92 Å². The molecule has 0 aliphatic heterocycles. The van der Waals surface area contributed by atoms with Crippen molar-refractivity contribution in [2.45, 2.75) is 39.3 Å². The van der Waals surface area contributed by atoms with E-state index in [2.05, 4.69) is 26.1 Å². The molecule has 0 aliphatic carbocycles. The molecular weight excluding hydrogens is 166 g/mol. The molecule has 0 aromatic heterocycles. The van der Waals surface area contributed by atoms with Crippen molar-refractivity contribution in [1.82, 2.24) is 5.32 Å². The van der Waals surface area contributed by atoms with Gasteiger partial charge in [-0.25, -0.2) is 0 Å². The van der Waals surface area contributed by atoms with Crippen molar-refractivity contribution in [3.05, 3.63) is 0 Å². The number of rotatable bonds is 7. The SMILES string of the molecule is CCNC(COC)C(C)(C)OCC. The standard InChI is InChI=1S/C10H23NO2/c1-6-11-9(8-12-5)10(3,4)13-7-2/h9,11H,6-8H2,1-5H3. The first-order chi connectivity index (χ1) is 6.08. The molecule has 0 aromatic rings. The first kappa shape index (κ1) is 12.9. The highest BCUT2D eigenvalue weighted by Crippen LogP contribution is 2.15. The third-order valence-corrected chi connectivity index (χ3v) is 2.14. The lowest BCUT2D eigenvalue weighted by Crippen LogP contribution is -2.51. The van der Waals surface area contributed by atoms with Gasteiger partial charge in [-0.05, 0) is 27.3 Å². The van der Waals surface area contributed by atoms with Crippen molar-refractivity contribution in [3.8, 4) is 0 Å². The van der Waals surface area contributed by atoms with Crippen molar-refractivity contribution in [3.63, 3.8) is 0 Å². The summed E-state index contributed by atoms with van der Waals surface area (Å²) in [5, 5.41) is 3.36. The summed E-state index contributed by atoms with van der Waals surface area (Å²) in [5.74, 6) is 0. The van der Waals surface area contributed by atoms with Crippen molar-refractivity contribution < 1.29 is 9.47 Å². The fraction of sp³-hybridized carbons (Fsp3) is 1.00. The van der Waals surface area contributed by atoms with Gasteiger partial charge in [-0.3, -0.25) is 0 Å². The topological polar surface area (TPSA) is 30.5 Å². The molecule has 0 aliphatic rings. The largest absolute Gasteiger partial charge is 0.383 e. The van der Waals surface area contributed by atoms with Crippen LogP contribution >= 0.6 is 0 Å². The van der Waals surface area contributed by atoms with Crippen LogP contribution in [0.5, 0.6) is 0 Å². The van der Waals surface area contributed by atoms with Gasteiger partial charge in [0.05, 0.1) is 18.2 Å². The van der Waals surface area contributed by atoms with Crippen LogP contribution < -0.4 is 5.32 Å². The molecular formula is C10H23NO2. The Hall–Kier alpha value is -0.120. The van der Waals surface area contributed by atoms with E-state index in [9.17, 15) is 0 Å². The number of methoxy groups -OCH3 is 1. The van der Waals surface area contributed by atoms with E-state index in [1.165, 1.54) is 0 Å². The van der Waals surface area contributed by atoms with E-state index in [4.69, 9.17) is 9.47 Å². The Balaban J connectivity index is 4.13. The quantitative estimate of drug-likeness (QED) is 0.657. The highest BCUT2D eigenvalue weighted by molar-refractivity contribution is 4.85. The van der Waals surface area contributed by atoms with Crippen LogP contribution in [-0.2, 0) is 9.47 Å². The van der Waals surface area contributed by atoms with Crippen molar-refractivity contribution >= 4 is 0 Å². The lowest BCUT2D eigenvalue weighted by atomic mass is 9.99. The van der Waals surface area contributed by atoms with Crippen molar-refractivity contribution in [2.75, 3.05) is 26.9 Å². The van der Waals surface area contributed by atoms with Crippen LogP contribution in [0.15, 0.2) is 0 Å². The van der Waals surface area contributed by atoms with E-state index in [0.29, 0.717) is 6.61 Å². The Morgan fingerprint density at radius 3 is 2.31 bits per heavy atom. The van der Waals surface area contributed by atoms with Gasteiger partial charge >= 0.3 is 0 Å². The molecule has 0 amide bonds. The van der Waals surface area contributed by atoms with Crippen LogP contribution in [0.4, 0.5) is 0 Å². The van der Waals surface area contributed by atoms with E-state index in [1.54, 1.807) is 7.11 Å². The minimum atomic E-state index is -0.166. The molecule has 0 rings (SSSR count). The van der Waals surface area contributed by atoms with E-state index < -0.39 is 0 Å². The minimum absolute atomic E-state index is 0.166. The van der Waals surface area contributed by atoms with Crippen molar-refractivity contribution in [2.24, 2.45) is 0 Å². The van der Waals surface area contributed by atoms with Gasteiger partial charge in [0.15, 0.2) is 0 Å². The number of ether oxygens (including phenoxy) is 2. The second kappa shape index (κ2) is 6.35.